The first-order chi connectivity index (χ1) is 12.3. The predicted molar refractivity (Wildman–Crippen MR) is 98.5 cm³/mol. The van der Waals surface area contributed by atoms with Crippen LogP contribution < -0.4 is 9.64 Å². The molecule has 1 aliphatic heterocycles. The molecule has 0 spiro atoms. The maximum Gasteiger partial charge on any atom is 0.326 e. The zero-order valence-electron chi connectivity index (χ0n) is 16.1. The van der Waals surface area contributed by atoms with Crippen molar-refractivity contribution in [2.75, 3.05) is 11.4 Å². The summed E-state index contributed by atoms with van der Waals surface area (Å²) in [4.78, 5) is 38.5. The Labute approximate surface area is 154 Å². The lowest BCUT2D eigenvalue weighted by molar-refractivity contribution is -0.148. The van der Waals surface area contributed by atoms with Crippen LogP contribution in [0.3, 0.4) is 0 Å². The zero-order chi connectivity index (χ0) is 19.4. The molecule has 0 radical (unpaired) electrons. The first-order valence-electron chi connectivity index (χ1n) is 9.13. The van der Waals surface area contributed by atoms with Crippen LogP contribution in [0.2, 0.25) is 0 Å². The highest BCUT2D eigenvalue weighted by Crippen LogP contribution is 2.36. The van der Waals surface area contributed by atoms with E-state index in [0.717, 1.165) is 0 Å². The third-order valence-corrected chi connectivity index (χ3v) is 4.46. The Morgan fingerprint density at radius 1 is 1.23 bits per heavy atom. The number of anilines is 1. The minimum absolute atomic E-state index is 0.0339. The Hall–Kier alpha value is -2.37. The number of rotatable bonds is 7. The van der Waals surface area contributed by atoms with E-state index in [1.807, 2.05) is 27.7 Å². The molecule has 0 aromatic heterocycles. The van der Waals surface area contributed by atoms with E-state index in [0.29, 0.717) is 29.8 Å². The summed E-state index contributed by atoms with van der Waals surface area (Å²) in [7, 11) is 0. The molecular formula is C20H27NO5. The van der Waals surface area contributed by atoms with E-state index in [9.17, 15) is 14.4 Å². The molecule has 1 heterocycles. The highest BCUT2D eigenvalue weighted by molar-refractivity contribution is 6.05. The van der Waals surface area contributed by atoms with Crippen LogP contribution in [0.4, 0.5) is 5.69 Å². The van der Waals surface area contributed by atoms with Crippen molar-refractivity contribution in [1.82, 2.24) is 0 Å². The number of benzene rings is 1. The third-order valence-electron chi connectivity index (χ3n) is 4.46. The van der Waals surface area contributed by atoms with Crippen molar-refractivity contribution in [3.63, 3.8) is 0 Å². The van der Waals surface area contributed by atoms with E-state index in [2.05, 4.69) is 0 Å². The van der Waals surface area contributed by atoms with Gasteiger partial charge in [-0.2, -0.15) is 0 Å². The maximum absolute atomic E-state index is 12.9. The molecule has 0 saturated carbocycles. The number of carbonyl (C=O) groups excluding carboxylic acids is 3. The van der Waals surface area contributed by atoms with Gasteiger partial charge in [-0.25, -0.2) is 0 Å². The summed E-state index contributed by atoms with van der Waals surface area (Å²) in [5.41, 5.74) is 0.929. The van der Waals surface area contributed by atoms with Crippen LogP contribution in [0.15, 0.2) is 18.2 Å². The molecule has 0 N–H and O–H groups in total. The number of ketones is 1. The largest absolute Gasteiger partial charge is 0.478 e. The fraction of sp³-hybridized carbons (Fsp3) is 0.550. The number of nitrogens with zero attached hydrogens (tertiary/aromatic N) is 1. The molecule has 6 nitrogen and oxygen atoms in total. The average molecular weight is 361 g/mol. The van der Waals surface area contributed by atoms with Crippen molar-refractivity contribution in [1.29, 1.82) is 0 Å². The Morgan fingerprint density at radius 3 is 2.50 bits per heavy atom. The van der Waals surface area contributed by atoms with Crippen molar-refractivity contribution in [2.24, 2.45) is 5.92 Å². The number of esters is 1. The van der Waals surface area contributed by atoms with Gasteiger partial charge in [-0.05, 0) is 37.5 Å². The lowest BCUT2D eigenvalue weighted by atomic mass is 10.0. The number of hydrogen-bond donors (Lipinski definition) is 0. The van der Waals surface area contributed by atoms with Crippen molar-refractivity contribution < 1.29 is 23.9 Å². The molecule has 2 rings (SSSR count). The molecule has 1 aromatic rings. The van der Waals surface area contributed by atoms with Crippen molar-refractivity contribution >= 4 is 23.3 Å². The summed E-state index contributed by atoms with van der Waals surface area (Å²) in [5, 5.41) is 0. The number of Topliss-reactive ketones (excluding diaryl/α,β-unsaturated/α-hetero) is 1. The molecule has 1 amide bonds. The number of fused-ring (bicyclic) bond motifs is 1. The van der Waals surface area contributed by atoms with Gasteiger partial charge in [0.1, 0.15) is 12.3 Å². The lowest BCUT2D eigenvalue weighted by Gasteiger charge is -2.35. The molecule has 0 fully saturated rings. The van der Waals surface area contributed by atoms with Crippen molar-refractivity contribution in [3.8, 4) is 5.75 Å². The van der Waals surface area contributed by atoms with Crippen LogP contribution in [0.5, 0.6) is 5.75 Å². The van der Waals surface area contributed by atoms with Gasteiger partial charge >= 0.3 is 5.97 Å². The normalized spacial score (nSPS) is 17.5. The number of amides is 1. The fourth-order valence-electron chi connectivity index (χ4n) is 2.72. The molecule has 1 aromatic carbocycles. The molecule has 26 heavy (non-hydrogen) atoms. The van der Waals surface area contributed by atoms with Crippen LogP contribution in [0, 0.1) is 5.92 Å². The molecule has 6 heteroatoms. The summed E-state index contributed by atoms with van der Waals surface area (Å²) in [6, 6.07) is 4.99. The van der Waals surface area contributed by atoms with Gasteiger partial charge < -0.3 is 9.47 Å². The minimum Gasteiger partial charge on any atom is -0.478 e. The average Bonchev–Trinajstić information content (AvgIpc) is 2.62. The first kappa shape index (κ1) is 19.9. The van der Waals surface area contributed by atoms with Crippen molar-refractivity contribution in [3.05, 3.63) is 23.8 Å². The van der Waals surface area contributed by atoms with Gasteiger partial charge in [0.25, 0.3) is 5.91 Å². The van der Waals surface area contributed by atoms with E-state index in [-0.39, 0.29) is 30.3 Å². The molecular weight excluding hydrogens is 334 g/mol. The van der Waals surface area contributed by atoms with Crippen LogP contribution in [0.25, 0.3) is 0 Å². The van der Waals surface area contributed by atoms with Gasteiger partial charge in [0.05, 0.1) is 11.8 Å². The van der Waals surface area contributed by atoms with Gasteiger partial charge in [0.2, 0.25) is 0 Å². The van der Waals surface area contributed by atoms with Gasteiger partial charge in [-0.15, -0.1) is 0 Å². The smallest absolute Gasteiger partial charge is 0.326 e. The van der Waals surface area contributed by atoms with E-state index in [1.54, 1.807) is 25.1 Å². The van der Waals surface area contributed by atoms with Gasteiger partial charge in [-0.1, -0.05) is 27.7 Å². The van der Waals surface area contributed by atoms with Crippen LogP contribution in [-0.4, -0.2) is 36.4 Å². The highest BCUT2D eigenvalue weighted by atomic mass is 16.5. The number of hydrogen-bond acceptors (Lipinski definition) is 5. The van der Waals surface area contributed by atoms with Crippen LogP contribution in [-0.2, 0) is 14.3 Å². The highest BCUT2D eigenvalue weighted by Gasteiger charge is 2.38. The summed E-state index contributed by atoms with van der Waals surface area (Å²) in [5.74, 6) is -0.369. The first-order valence-corrected chi connectivity index (χ1v) is 9.13. The second kappa shape index (κ2) is 8.34. The SMILES string of the molecule is CCC(=O)c1ccc2c(c1)N(CC(=O)OC(C)CC)C(=O)C(C(C)C)O2. The van der Waals surface area contributed by atoms with Crippen molar-refractivity contribution in [2.45, 2.75) is 59.7 Å². The molecule has 0 aliphatic carbocycles. The minimum atomic E-state index is -0.674. The maximum atomic E-state index is 12.9. The van der Waals surface area contributed by atoms with E-state index < -0.39 is 12.1 Å². The summed E-state index contributed by atoms with van der Waals surface area (Å²) in [6.45, 7) is 9.08. The molecule has 2 unspecified atom stereocenters. The molecule has 142 valence electrons. The molecule has 0 saturated heterocycles. The Bertz CT molecular complexity index is 697. The quantitative estimate of drug-likeness (QED) is 0.550. The summed E-state index contributed by atoms with van der Waals surface area (Å²) < 4.78 is 11.2. The number of carbonyl (C=O) groups is 3. The van der Waals surface area contributed by atoms with Gasteiger partial charge in [0.15, 0.2) is 11.9 Å². The molecule has 2 atom stereocenters. The second-order valence-corrected chi connectivity index (χ2v) is 6.87. The molecule has 0 bridgehead atoms. The molecule has 1 aliphatic rings. The topological polar surface area (TPSA) is 72.9 Å². The lowest BCUT2D eigenvalue weighted by Crippen LogP contribution is -2.50. The fourth-order valence-corrected chi connectivity index (χ4v) is 2.72. The Morgan fingerprint density at radius 2 is 1.92 bits per heavy atom. The second-order valence-electron chi connectivity index (χ2n) is 6.87. The van der Waals surface area contributed by atoms with E-state index >= 15 is 0 Å². The van der Waals surface area contributed by atoms with E-state index in [1.165, 1.54) is 4.90 Å². The summed E-state index contributed by atoms with van der Waals surface area (Å²) >= 11 is 0. The predicted octanol–water partition coefficient (Wildman–Crippen LogP) is 3.37. The monoisotopic (exact) mass is 361 g/mol. The zero-order valence-corrected chi connectivity index (χ0v) is 16.1. The standard InChI is InChI=1S/C20H27NO5/c1-6-13(5)25-18(23)11-21-15-10-14(16(22)7-2)8-9-17(15)26-19(12(3)4)20(21)24/h8-10,12-13,19H,6-7,11H2,1-5H3. The Kier molecular flexibility index (Phi) is 6.40. The van der Waals surface area contributed by atoms with Crippen LogP contribution in [0.1, 0.15) is 57.8 Å². The van der Waals surface area contributed by atoms with Crippen LogP contribution >= 0.6 is 0 Å². The van der Waals surface area contributed by atoms with Gasteiger partial charge in [-0.3, -0.25) is 19.3 Å². The number of ether oxygens (including phenoxy) is 2. The third kappa shape index (κ3) is 4.23. The Balaban J connectivity index is 2.38. The van der Waals surface area contributed by atoms with Gasteiger partial charge in [0, 0.05) is 12.0 Å². The van der Waals surface area contributed by atoms with E-state index in [4.69, 9.17) is 9.47 Å². The summed E-state index contributed by atoms with van der Waals surface area (Å²) in [6.07, 6.45) is 0.167.